The molecular formula is C20H26ClN5O5. The summed E-state index contributed by atoms with van der Waals surface area (Å²) in [6.45, 7) is 3.62. The van der Waals surface area contributed by atoms with E-state index < -0.39 is 23.7 Å². The monoisotopic (exact) mass is 451 g/mol. The van der Waals surface area contributed by atoms with Crippen LogP contribution in [0.15, 0.2) is 27.8 Å². The second-order valence-electron chi connectivity index (χ2n) is 7.06. The molecule has 0 saturated carbocycles. The van der Waals surface area contributed by atoms with Crippen LogP contribution >= 0.6 is 11.6 Å². The molecule has 1 aromatic carbocycles. The number of rotatable bonds is 7. The molecule has 1 fully saturated rings. The van der Waals surface area contributed by atoms with Gasteiger partial charge in [-0.2, -0.15) is 0 Å². The maximum atomic E-state index is 13.2. The van der Waals surface area contributed by atoms with Gasteiger partial charge in [0.25, 0.3) is 5.56 Å². The number of halogens is 1. The maximum Gasteiger partial charge on any atom is 0.333 e. The highest BCUT2D eigenvalue weighted by Gasteiger charge is 2.24. The van der Waals surface area contributed by atoms with E-state index in [2.05, 4.69) is 5.32 Å². The number of ether oxygens (including phenoxy) is 2. The largest absolute Gasteiger partial charge is 0.495 e. The number of hydrogen-bond donors (Lipinski definition) is 2. The summed E-state index contributed by atoms with van der Waals surface area (Å²) in [5.41, 5.74) is 5.63. The first-order valence-electron chi connectivity index (χ1n) is 9.96. The van der Waals surface area contributed by atoms with Crippen molar-refractivity contribution in [1.82, 2.24) is 9.13 Å². The fourth-order valence-electron chi connectivity index (χ4n) is 3.45. The van der Waals surface area contributed by atoms with Crippen molar-refractivity contribution >= 4 is 34.7 Å². The Hall–Kier alpha value is -2.98. The van der Waals surface area contributed by atoms with Gasteiger partial charge in [0.15, 0.2) is 0 Å². The lowest BCUT2D eigenvalue weighted by atomic mass is 10.3. The Morgan fingerprint density at radius 2 is 1.97 bits per heavy atom. The molecule has 0 radical (unpaired) electrons. The number of amides is 1. The van der Waals surface area contributed by atoms with Gasteiger partial charge >= 0.3 is 5.69 Å². The number of benzene rings is 1. The minimum absolute atomic E-state index is 0.109. The third-order valence-electron chi connectivity index (χ3n) is 4.95. The number of morpholine rings is 1. The van der Waals surface area contributed by atoms with Gasteiger partial charge in [-0.15, -0.1) is 0 Å². The van der Waals surface area contributed by atoms with Crippen LogP contribution in [0.1, 0.15) is 13.3 Å². The number of carbonyl (C=O) groups is 1. The summed E-state index contributed by atoms with van der Waals surface area (Å²) in [5.74, 6) is 0.0329. The minimum Gasteiger partial charge on any atom is -0.495 e. The van der Waals surface area contributed by atoms with Gasteiger partial charge in [0, 0.05) is 25.3 Å². The van der Waals surface area contributed by atoms with Crippen molar-refractivity contribution in [2.24, 2.45) is 0 Å². The molecule has 1 amide bonds. The molecule has 31 heavy (non-hydrogen) atoms. The summed E-state index contributed by atoms with van der Waals surface area (Å²) < 4.78 is 12.7. The zero-order valence-electron chi connectivity index (χ0n) is 17.5. The first-order chi connectivity index (χ1) is 14.9. The van der Waals surface area contributed by atoms with Gasteiger partial charge in [0.2, 0.25) is 5.91 Å². The first-order valence-corrected chi connectivity index (χ1v) is 10.3. The van der Waals surface area contributed by atoms with E-state index in [9.17, 15) is 14.4 Å². The van der Waals surface area contributed by atoms with E-state index in [0.29, 0.717) is 55.7 Å². The van der Waals surface area contributed by atoms with Gasteiger partial charge in [-0.1, -0.05) is 18.5 Å². The molecule has 2 heterocycles. The Labute approximate surface area is 184 Å². The van der Waals surface area contributed by atoms with E-state index in [1.165, 1.54) is 17.7 Å². The number of hydrogen-bond acceptors (Lipinski definition) is 7. The summed E-state index contributed by atoms with van der Waals surface area (Å²) in [5, 5.41) is 2.97. The van der Waals surface area contributed by atoms with Gasteiger partial charge in [0.05, 0.1) is 25.3 Å². The van der Waals surface area contributed by atoms with Crippen molar-refractivity contribution in [3.8, 4) is 5.75 Å². The molecule has 0 atom stereocenters. The van der Waals surface area contributed by atoms with Crippen LogP contribution in [0.3, 0.4) is 0 Å². The molecule has 10 nitrogen and oxygen atoms in total. The molecule has 3 rings (SSSR count). The Morgan fingerprint density at radius 1 is 1.26 bits per heavy atom. The maximum absolute atomic E-state index is 13.2. The summed E-state index contributed by atoms with van der Waals surface area (Å²) in [4.78, 5) is 40.5. The third-order valence-corrected chi connectivity index (χ3v) is 5.25. The smallest absolute Gasteiger partial charge is 0.333 e. The predicted octanol–water partition coefficient (Wildman–Crippen LogP) is 1.14. The topological polar surface area (TPSA) is 121 Å². The number of nitrogen functional groups attached to an aromatic ring is 1. The second-order valence-corrected chi connectivity index (χ2v) is 7.46. The summed E-state index contributed by atoms with van der Waals surface area (Å²) in [7, 11) is 1.49. The van der Waals surface area contributed by atoms with Crippen LogP contribution in [0.5, 0.6) is 5.75 Å². The van der Waals surface area contributed by atoms with Crippen LogP contribution in [0.2, 0.25) is 5.02 Å². The Morgan fingerprint density at radius 3 is 2.58 bits per heavy atom. The lowest BCUT2D eigenvalue weighted by Gasteiger charge is -2.30. The average molecular weight is 452 g/mol. The van der Waals surface area contributed by atoms with E-state index in [4.69, 9.17) is 26.8 Å². The van der Waals surface area contributed by atoms with E-state index in [0.717, 1.165) is 4.57 Å². The van der Waals surface area contributed by atoms with Crippen LogP contribution in [0.25, 0.3) is 0 Å². The minimum atomic E-state index is -0.621. The number of methoxy groups -OCH3 is 1. The number of anilines is 3. The van der Waals surface area contributed by atoms with Crippen molar-refractivity contribution in [3.63, 3.8) is 0 Å². The van der Waals surface area contributed by atoms with Crippen molar-refractivity contribution in [2.45, 2.75) is 26.4 Å². The van der Waals surface area contributed by atoms with Crippen LogP contribution in [0.4, 0.5) is 17.2 Å². The zero-order valence-corrected chi connectivity index (χ0v) is 18.3. The Bertz CT molecular complexity index is 1070. The highest BCUT2D eigenvalue weighted by atomic mass is 35.5. The number of nitrogens with zero attached hydrogens (tertiary/aromatic N) is 3. The number of aromatic nitrogens is 2. The van der Waals surface area contributed by atoms with Gasteiger partial charge < -0.3 is 25.4 Å². The lowest BCUT2D eigenvalue weighted by Crippen LogP contribution is -2.48. The number of carbonyl (C=O) groups excluding carboxylic acids is 1. The van der Waals surface area contributed by atoms with Crippen LogP contribution in [-0.4, -0.2) is 48.5 Å². The van der Waals surface area contributed by atoms with Crippen molar-refractivity contribution in [3.05, 3.63) is 44.1 Å². The molecule has 1 aliphatic heterocycles. The van der Waals surface area contributed by atoms with Gasteiger partial charge in [-0.3, -0.25) is 14.2 Å². The van der Waals surface area contributed by atoms with Gasteiger partial charge in [-0.05, 0) is 24.6 Å². The van der Waals surface area contributed by atoms with E-state index in [1.807, 2.05) is 6.92 Å². The van der Waals surface area contributed by atoms with Gasteiger partial charge in [-0.25, -0.2) is 9.36 Å². The lowest BCUT2D eigenvalue weighted by molar-refractivity contribution is -0.116. The molecule has 0 spiro atoms. The standard InChI is InChI=1S/C20H26ClN5O5/c1-3-6-25-18(22)17(24-7-9-31-10-8-24)19(28)26(20(25)29)12-16(27)23-13-4-5-15(30-2)14(21)11-13/h4-5,11H,3,6-10,12,22H2,1-2H3,(H,23,27). The number of nitrogens with one attached hydrogen (secondary N) is 1. The van der Waals surface area contributed by atoms with E-state index in [-0.39, 0.29) is 11.5 Å². The zero-order chi connectivity index (χ0) is 22.5. The van der Waals surface area contributed by atoms with E-state index >= 15 is 0 Å². The molecule has 1 aromatic heterocycles. The molecule has 0 bridgehead atoms. The first kappa shape index (κ1) is 22.7. The highest BCUT2D eigenvalue weighted by Crippen LogP contribution is 2.27. The molecule has 3 N–H and O–H groups in total. The van der Waals surface area contributed by atoms with Crippen LogP contribution in [-0.2, 0) is 22.6 Å². The fraction of sp³-hybridized carbons (Fsp3) is 0.450. The summed E-state index contributed by atoms with van der Waals surface area (Å²) in [6, 6.07) is 4.75. The second kappa shape index (κ2) is 9.88. The summed E-state index contributed by atoms with van der Waals surface area (Å²) in [6.07, 6.45) is 0.640. The molecule has 0 unspecified atom stereocenters. The molecule has 0 aliphatic carbocycles. The number of nitrogens with two attached hydrogens (primary N) is 1. The van der Waals surface area contributed by atoms with Gasteiger partial charge in [0.1, 0.15) is 23.8 Å². The fourth-order valence-corrected chi connectivity index (χ4v) is 3.71. The van der Waals surface area contributed by atoms with E-state index in [1.54, 1.807) is 17.0 Å². The molecular weight excluding hydrogens is 426 g/mol. The normalized spacial score (nSPS) is 13.8. The van der Waals surface area contributed by atoms with Crippen LogP contribution < -0.4 is 31.9 Å². The summed E-state index contributed by atoms with van der Waals surface area (Å²) >= 11 is 6.09. The molecule has 1 aliphatic rings. The third kappa shape index (κ3) is 4.86. The van der Waals surface area contributed by atoms with Crippen molar-refractivity contribution in [2.75, 3.05) is 49.4 Å². The van der Waals surface area contributed by atoms with Crippen LogP contribution in [0, 0.1) is 0 Å². The molecule has 11 heteroatoms. The SMILES string of the molecule is CCCn1c(N)c(N2CCOCC2)c(=O)n(CC(=O)Nc2ccc(OC)c(Cl)c2)c1=O. The molecule has 1 saturated heterocycles. The molecule has 168 valence electrons. The highest BCUT2D eigenvalue weighted by molar-refractivity contribution is 6.32. The quantitative estimate of drug-likeness (QED) is 0.647. The Kier molecular flexibility index (Phi) is 7.24. The van der Waals surface area contributed by atoms with Crippen molar-refractivity contribution in [1.29, 1.82) is 0 Å². The van der Waals surface area contributed by atoms with Crippen molar-refractivity contribution < 1.29 is 14.3 Å². The average Bonchev–Trinajstić information content (AvgIpc) is 2.75. The Balaban J connectivity index is 1.94. The molecule has 2 aromatic rings. The predicted molar refractivity (Wildman–Crippen MR) is 119 cm³/mol.